The van der Waals surface area contributed by atoms with E-state index in [1.165, 1.54) is 5.56 Å². The zero-order valence-corrected chi connectivity index (χ0v) is 10.4. The maximum absolute atomic E-state index is 5.17. The molecule has 1 aromatic rings. The molecule has 0 amide bonds. The Morgan fingerprint density at radius 3 is 2.71 bits per heavy atom. The van der Waals surface area contributed by atoms with Crippen LogP contribution in [0.15, 0.2) is 22.7 Å². The lowest BCUT2D eigenvalue weighted by molar-refractivity contribution is 0.411. The van der Waals surface area contributed by atoms with Crippen molar-refractivity contribution in [2.75, 3.05) is 13.7 Å². The van der Waals surface area contributed by atoms with Gasteiger partial charge in [0.05, 0.1) is 11.6 Å². The van der Waals surface area contributed by atoms with Crippen LogP contribution in [-0.4, -0.2) is 13.7 Å². The number of halogens is 1. The van der Waals surface area contributed by atoms with Gasteiger partial charge in [-0.3, -0.25) is 0 Å². The largest absolute Gasteiger partial charge is 0.496 e. The molecule has 0 aromatic heterocycles. The molecule has 78 valence electrons. The molecule has 0 aliphatic carbocycles. The summed E-state index contributed by atoms with van der Waals surface area (Å²) in [6.45, 7) is 5.23. The molecule has 0 heterocycles. The Balaban J connectivity index is 2.85. The molecule has 0 bridgehead atoms. The molecule has 1 rings (SSSR count). The molecule has 0 saturated heterocycles. The fourth-order valence-electron chi connectivity index (χ4n) is 1.38. The fourth-order valence-corrected chi connectivity index (χ4v) is 1.93. The first kappa shape index (κ1) is 11.5. The van der Waals surface area contributed by atoms with E-state index in [1.54, 1.807) is 7.11 Å². The van der Waals surface area contributed by atoms with Crippen LogP contribution in [0.1, 0.15) is 25.5 Å². The normalized spacial score (nSPS) is 12.6. The molecule has 0 fully saturated rings. The summed E-state index contributed by atoms with van der Waals surface area (Å²) in [5.41, 5.74) is 1.26. The Morgan fingerprint density at radius 1 is 1.50 bits per heavy atom. The van der Waals surface area contributed by atoms with E-state index < -0.39 is 0 Å². The monoisotopic (exact) mass is 257 g/mol. The van der Waals surface area contributed by atoms with Crippen LogP contribution < -0.4 is 10.1 Å². The Kier molecular flexibility index (Phi) is 4.42. The third kappa shape index (κ3) is 2.72. The summed E-state index contributed by atoms with van der Waals surface area (Å²) in [5, 5.41) is 3.36. The second kappa shape index (κ2) is 5.37. The number of ether oxygens (including phenoxy) is 1. The van der Waals surface area contributed by atoms with Crippen molar-refractivity contribution in [1.82, 2.24) is 5.32 Å². The van der Waals surface area contributed by atoms with Crippen molar-refractivity contribution in [1.29, 1.82) is 0 Å². The lowest BCUT2D eigenvalue weighted by Crippen LogP contribution is -2.17. The summed E-state index contributed by atoms with van der Waals surface area (Å²) in [6.07, 6.45) is 0. The third-order valence-corrected chi connectivity index (χ3v) is 2.81. The van der Waals surface area contributed by atoms with E-state index >= 15 is 0 Å². The maximum Gasteiger partial charge on any atom is 0.133 e. The van der Waals surface area contributed by atoms with Crippen molar-refractivity contribution in [3.05, 3.63) is 28.2 Å². The lowest BCUT2D eigenvalue weighted by Gasteiger charge is -2.14. The van der Waals surface area contributed by atoms with Crippen LogP contribution in [0.5, 0.6) is 5.75 Å². The van der Waals surface area contributed by atoms with Gasteiger partial charge in [-0.2, -0.15) is 0 Å². The molecule has 0 saturated carbocycles. The van der Waals surface area contributed by atoms with Crippen molar-refractivity contribution >= 4 is 15.9 Å². The van der Waals surface area contributed by atoms with Gasteiger partial charge >= 0.3 is 0 Å². The Labute approximate surface area is 93.8 Å². The average Bonchev–Trinajstić information content (AvgIpc) is 2.18. The summed E-state index contributed by atoms with van der Waals surface area (Å²) in [4.78, 5) is 0. The SMILES string of the molecule is CCN[C@H](C)c1ccc(OC)c(Br)c1. The zero-order chi connectivity index (χ0) is 10.6. The predicted molar refractivity (Wildman–Crippen MR) is 62.8 cm³/mol. The third-order valence-electron chi connectivity index (χ3n) is 2.19. The second-order valence-electron chi connectivity index (χ2n) is 3.17. The van der Waals surface area contributed by atoms with Gasteiger partial charge in [0.25, 0.3) is 0 Å². The molecule has 3 heteroatoms. The fraction of sp³-hybridized carbons (Fsp3) is 0.455. The van der Waals surface area contributed by atoms with Crippen molar-refractivity contribution in [3.63, 3.8) is 0 Å². The van der Waals surface area contributed by atoms with Crippen LogP contribution >= 0.6 is 15.9 Å². The van der Waals surface area contributed by atoms with Gasteiger partial charge in [0.1, 0.15) is 5.75 Å². The first-order chi connectivity index (χ1) is 6.69. The maximum atomic E-state index is 5.17. The van der Waals surface area contributed by atoms with Gasteiger partial charge in [-0.25, -0.2) is 0 Å². The van der Waals surface area contributed by atoms with Crippen LogP contribution in [-0.2, 0) is 0 Å². The van der Waals surface area contributed by atoms with E-state index in [9.17, 15) is 0 Å². The molecule has 0 spiro atoms. The van der Waals surface area contributed by atoms with Gasteiger partial charge in [0, 0.05) is 6.04 Å². The molecule has 14 heavy (non-hydrogen) atoms. The Bertz CT molecular complexity index is 301. The van der Waals surface area contributed by atoms with Crippen molar-refractivity contribution in [2.45, 2.75) is 19.9 Å². The molecular weight excluding hydrogens is 242 g/mol. The first-order valence-corrected chi connectivity index (χ1v) is 5.55. The molecule has 1 atom stereocenters. The van der Waals surface area contributed by atoms with Gasteiger partial charge in [-0.1, -0.05) is 13.0 Å². The predicted octanol–water partition coefficient (Wildman–Crippen LogP) is 3.13. The molecule has 0 unspecified atom stereocenters. The first-order valence-electron chi connectivity index (χ1n) is 4.75. The van der Waals surface area contributed by atoms with Crippen LogP contribution in [0.25, 0.3) is 0 Å². The Morgan fingerprint density at radius 2 is 2.21 bits per heavy atom. The smallest absolute Gasteiger partial charge is 0.133 e. The van der Waals surface area contributed by atoms with E-state index in [-0.39, 0.29) is 0 Å². The number of benzene rings is 1. The minimum absolute atomic E-state index is 0.377. The van der Waals surface area contributed by atoms with E-state index in [0.29, 0.717) is 6.04 Å². The van der Waals surface area contributed by atoms with Gasteiger partial charge in [-0.05, 0) is 47.1 Å². The summed E-state index contributed by atoms with van der Waals surface area (Å²) in [6, 6.07) is 6.53. The number of hydrogen-bond acceptors (Lipinski definition) is 2. The topological polar surface area (TPSA) is 21.3 Å². The zero-order valence-electron chi connectivity index (χ0n) is 8.80. The van der Waals surface area contributed by atoms with Gasteiger partial charge in [0.2, 0.25) is 0 Å². The van der Waals surface area contributed by atoms with E-state index in [2.05, 4.69) is 47.2 Å². The summed E-state index contributed by atoms with van der Waals surface area (Å²) >= 11 is 3.47. The van der Waals surface area contributed by atoms with Gasteiger partial charge in [0.15, 0.2) is 0 Å². The quantitative estimate of drug-likeness (QED) is 0.895. The second-order valence-corrected chi connectivity index (χ2v) is 4.03. The lowest BCUT2D eigenvalue weighted by atomic mass is 10.1. The molecule has 2 nitrogen and oxygen atoms in total. The van der Waals surface area contributed by atoms with E-state index in [1.807, 2.05) is 6.07 Å². The van der Waals surface area contributed by atoms with Crippen molar-refractivity contribution in [2.24, 2.45) is 0 Å². The van der Waals surface area contributed by atoms with E-state index in [4.69, 9.17) is 4.74 Å². The highest BCUT2D eigenvalue weighted by atomic mass is 79.9. The van der Waals surface area contributed by atoms with Crippen LogP contribution in [0.2, 0.25) is 0 Å². The minimum Gasteiger partial charge on any atom is -0.496 e. The molecular formula is C11H16BrNO. The number of hydrogen-bond donors (Lipinski definition) is 1. The standard InChI is InChI=1S/C11H16BrNO/c1-4-13-8(2)9-5-6-11(14-3)10(12)7-9/h5-8,13H,4H2,1-3H3/t8-/m1/s1. The Hall–Kier alpha value is -0.540. The highest BCUT2D eigenvalue weighted by Crippen LogP contribution is 2.27. The van der Waals surface area contributed by atoms with E-state index in [0.717, 1.165) is 16.8 Å². The molecule has 0 radical (unpaired) electrons. The minimum atomic E-state index is 0.377. The van der Waals surface area contributed by atoms with Gasteiger partial charge < -0.3 is 10.1 Å². The molecule has 1 N–H and O–H groups in total. The summed E-state index contributed by atoms with van der Waals surface area (Å²) in [5.74, 6) is 0.873. The summed E-state index contributed by atoms with van der Waals surface area (Å²) < 4.78 is 6.17. The van der Waals surface area contributed by atoms with Crippen LogP contribution in [0, 0.1) is 0 Å². The molecule has 1 aromatic carbocycles. The highest BCUT2D eigenvalue weighted by Gasteiger charge is 2.06. The molecule has 0 aliphatic rings. The number of nitrogens with one attached hydrogen (secondary N) is 1. The van der Waals surface area contributed by atoms with Crippen molar-refractivity contribution in [3.8, 4) is 5.75 Å². The molecule has 0 aliphatic heterocycles. The van der Waals surface area contributed by atoms with Crippen LogP contribution in [0.4, 0.5) is 0 Å². The van der Waals surface area contributed by atoms with Crippen molar-refractivity contribution < 1.29 is 4.74 Å². The highest BCUT2D eigenvalue weighted by molar-refractivity contribution is 9.10. The average molecular weight is 258 g/mol. The number of methoxy groups -OCH3 is 1. The van der Waals surface area contributed by atoms with Crippen LogP contribution in [0.3, 0.4) is 0 Å². The van der Waals surface area contributed by atoms with Gasteiger partial charge in [-0.15, -0.1) is 0 Å². The number of rotatable bonds is 4. The summed E-state index contributed by atoms with van der Waals surface area (Å²) in [7, 11) is 1.67.